The Morgan fingerprint density at radius 3 is 2.47 bits per heavy atom. The summed E-state index contributed by atoms with van der Waals surface area (Å²) >= 11 is 0. The number of benzene rings is 1. The molecule has 0 bridgehead atoms. The van der Waals surface area contributed by atoms with Crippen molar-refractivity contribution in [3.8, 4) is 5.75 Å². The van der Waals surface area contributed by atoms with Gasteiger partial charge in [0, 0.05) is 13.0 Å². The molecule has 0 saturated heterocycles. The van der Waals surface area contributed by atoms with Gasteiger partial charge in [0.05, 0.1) is 19.8 Å². The van der Waals surface area contributed by atoms with E-state index >= 15 is 0 Å². The Morgan fingerprint density at radius 1 is 1.27 bits per heavy atom. The van der Waals surface area contributed by atoms with Crippen molar-refractivity contribution in [2.24, 2.45) is 0 Å². The van der Waals surface area contributed by atoms with Crippen LogP contribution in [0.2, 0.25) is 0 Å². The Balaban J connectivity index is 2.42. The lowest BCUT2D eigenvalue weighted by molar-refractivity contribution is 0.0430. The van der Waals surface area contributed by atoms with Crippen LogP contribution in [0.4, 0.5) is 0 Å². The van der Waals surface area contributed by atoms with Crippen molar-refractivity contribution >= 4 is 0 Å². The van der Waals surface area contributed by atoms with E-state index in [0.717, 1.165) is 11.3 Å². The molecule has 1 atom stereocenters. The van der Waals surface area contributed by atoms with E-state index in [0.29, 0.717) is 19.6 Å². The number of aliphatic hydroxyl groups excluding tert-OH is 1. The van der Waals surface area contributed by atoms with Gasteiger partial charge in [-0.3, -0.25) is 0 Å². The maximum atomic E-state index is 9.60. The van der Waals surface area contributed by atoms with Crippen molar-refractivity contribution in [3.63, 3.8) is 0 Å². The minimum absolute atomic E-state index is 0.391. The molecular weight excluding hydrogens is 192 g/mol. The summed E-state index contributed by atoms with van der Waals surface area (Å²) in [4.78, 5) is 0. The fourth-order valence-electron chi connectivity index (χ4n) is 1.35. The van der Waals surface area contributed by atoms with Crippen LogP contribution in [0.25, 0.3) is 0 Å². The van der Waals surface area contributed by atoms with E-state index in [1.165, 1.54) is 0 Å². The molecule has 1 N–H and O–H groups in total. The summed E-state index contributed by atoms with van der Waals surface area (Å²) in [6.45, 7) is 2.95. The van der Waals surface area contributed by atoms with Crippen LogP contribution in [-0.2, 0) is 11.2 Å². The second kappa shape index (κ2) is 6.43. The van der Waals surface area contributed by atoms with Crippen LogP contribution in [0, 0.1) is 0 Å². The molecule has 15 heavy (non-hydrogen) atoms. The number of methoxy groups -OCH3 is 1. The molecule has 0 spiro atoms. The summed E-state index contributed by atoms with van der Waals surface area (Å²) in [6, 6.07) is 7.69. The summed E-state index contributed by atoms with van der Waals surface area (Å²) in [5, 5.41) is 9.60. The van der Waals surface area contributed by atoms with E-state index in [9.17, 15) is 5.11 Å². The van der Waals surface area contributed by atoms with Crippen LogP contribution >= 0.6 is 0 Å². The molecule has 1 aromatic rings. The predicted octanol–water partition coefficient (Wildman–Crippen LogP) is 1.64. The Morgan fingerprint density at radius 2 is 1.93 bits per heavy atom. The molecule has 0 aliphatic carbocycles. The Kier molecular flexibility index (Phi) is 5.15. The average Bonchev–Trinajstić information content (AvgIpc) is 2.27. The standard InChI is InChI=1S/C12H18O3/c1-3-15-9-11(13)8-10-4-6-12(14-2)7-5-10/h4-7,11,13H,3,8-9H2,1-2H3. The van der Waals surface area contributed by atoms with Gasteiger partial charge in [-0.05, 0) is 24.6 Å². The third-order valence-electron chi connectivity index (χ3n) is 2.14. The van der Waals surface area contributed by atoms with Crippen LogP contribution in [0.1, 0.15) is 12.5 Å². The second-order valence-corrected chi connectivity index (χ2v) is 3.37. The number of ether oxygens (including phenoxy) is 2. The van der Waals surface area contributed by atoms with Crippen molar-refractivity contribution < 1.29 is 14.6 Å². The lowest BCUT2D eigenvalue weighted by atomic mass is 10.1. The molecule has 1 aromatic carbocycles. The summed E-state index contributed by atoms with van der Waals surface area (Å²) < 4.78 is 10.2. The zero-order valence-electron chi connectivity index (χ0n) is 9.27. The highest BCUT2D eigenvalue weighted by Crippen LogP contribution is 2.12. The predicted molar refractivity (Wildman–Crippen MR) is 59.2 cm³/mol. The fourth-order valence-corrected chi connectivity index (χ4v) is 1.35. The minimum Gasteiger partial charge on any atom is -0.497 e. The van der Waals surface area contributed by atoms with Crippen LogP contribution in [-0.4, -0.2) is 31.5 Å². The Hall–Kier alpha value is -1.06. The van der Waals surface area contributed by atoms with Gasteiger partial charge in [0.1, 0.15) is 5.75 Å². The van der Waals surface area contributed by atoms with Crippen molar-refractivity contribution in [2.75, 3.05) is 20.3 Å². The first-order valence-corrected chi connectivity index (χ1v) is 5.15. The summed E-state index contributed by atoms with van der Waals surface area (Å²) in [6.07, 6.45) is 0.183. The van der Waals surface area contributed by atoms with E-state index < -0.39 is 6.10 Å². The number of hydrogen-bond donors (Lipinski definition) is 1. The second-order valence-electron chi connectivity index (χ2n) is 3.37. The van der Waals surface area contributed by atoms with E-state index in [-0.39, 0.29) is 0 Å². The van der Waals surface area contributed by atoms with Crippen molar-refractivity contribution in [2.45, 2.75) is 19.4 Å². The molecule has 0 aliphatic heterocycles. The highest BCUT2D eigenvalue weighted by Gasteiger charge is 2.05. The minimum atomic E-state index is -0.432. The van der Waals surface area contributed by atoms with Crippen molar-refractivity contribution in [1.82, 2.24) is 0 Å². The van der Waals surface area contributed by atoms with E-state index in [4.69, 9.17) is 9.47 Å². The number of rotatable bonds is 6. The molecule has 0 saturated carbocycles. The van der Waals surface area contributed by atoms with Gasteiger partial charge in [0.15, 0.2) is 0 Å². The molecule has 0 fully saturated rings. The highest BCUT2D eigenvalue weighted by molar-refractivity contribution is 5.27. The summed E-state index contributed by atoms with van der Waals surface area (Å²) in [5.74, 6) is 0.832. The van der Waals surface area contributed by atoms with Gasteiger partial charge in [-0.15, -0.1) is 0 Å². The van der Waals surface area contributed by atoms with Crippen LogP contribution < -0.4 is 4.74 Å². The molecule has 3 heteroatoms. The molecule has 84 valence electrons. The smallest absolute Gasteiger partial charge is 0.118 e. The monoisotopic (exact) mass is 210 g/mol. The maximum Gasteiger partial charge on any atom is 0.118 e. The highest BCUT2D eigenvalue weighted by atomic mass is 16.5. The van der Waals surface area contributed by atoms with Gasteiger partial charge in [-0.2, -0.15) is 0 Å². The molecule has 0 aliphatic rings. The molecule has 3 nitrogen and oxygen atoms in total. The summed E-state index contributed by atoms with van der Waals surface area (Å²) in [5.41, 5.74) is 1.09. The van der Waals surface area contributed by atoms with Gasteiger partial charge in [-0.25, -0.2) is 0 Å². The van der Waals surface area contributed by atoms with Gasteiger partial charge < -0.3 is 14.6 Å². The van der Waals surface area contributed by atoms with Gasteiger partial charge in [-0.1, -0.05) is 12.1 Å². The normalized spacial score (nSPS) is 12.5. The number of aliphatic hydroxyl groups is 1. The average molecular weight is 210 g/mol. The molecule has 0 amide bonds. The first kappa shape index (κ1) is 12.0. The molecule has 0 heterocycles. The molecule has 0 aromatic heterocycles. The zero-order valence-corrected chi connectivity index (χ0v) is 9.27. The fraction of sp³-hybridized carbons (Fsp3) is 0.500. The first-order valence-electron chi connectivity index (χ1n) is 5.15. The van der Waals surface area contributed by atoms with Crippen LogP contribution in [0.3, 0.4) is 0 Å². The van der Waals surface area contributed by atoms with Gasteiger partial charge in [0.2, 0.25) is 0 Å². The first-order chi connectivity index (χ1) is 7.26. The van der Waals surface area contributed by atoms with Crippen LogP contribution in [0.15, 0.2) is 24.3 Å². The van der Waals surface area contributed by atoms with Gasteiger partial charge >= 0.3 is 0 Å². The SMILES string of the molecule is CCOCC(O)Cc1ccc(OC)cc1. The third-order valence-corrected chi connectivity index (χ3v) is 2.14. The van der Waals surface area contributed by atoms with E-state index in [1.807, 2.05) is 31.2 Å². The van der Waals surface area contributed by atoms with E-state index in [1.54, 1.807) is 7.11 Å². The largest absolute Gasteiger partial charge is 0.497 e. The molecule has 1 rings (SSSR count). The number of hydrogen-bond acceptors (Lipinski definition) is 3. The lowest BCUT2D eigenvalue weighted by Crippen LogP contribution is -2.17. The Bertz CT molecular complexity index is 269. The molecular formula is C12H18O3. The third kappa shape index (κ3) is 4.32. The topological polar surface area (TPSA) is 38.7 Å². The van der Waals surface area contributed by atoms with Crippen LogP contribution in [0.5, 0.6) is 5.75 Å². The zero-order chi connectivity index (χ0) is 11.1. The van der Waals surface area contributed by atoms with Crippen molar-refractivity contribution in [1.29, 1.82) is 0 Å². The van der Waals surface area contributed by atoms with Crippen molar-refractivity contribution in [3.05, 3.63) is 29.8 Å². The summed E-state index contributed by atoms with van der Waals surface area (Å²) in [7, 11) is 1.64. The van der Waals surface area contributed by atoms with Gasteiger partial charge in [0.25, 0.3) is 0 Å². The molecule has 1 unspecified atom stereocenters. The maximum absolute atomic E-state index is 9.60. The quantitative estimate of drug-likeness (QED) is 0.775. The molecule has 0 radical (unpaired) electrons. The Labute approximate surface area is 90.6 Å². The van der Waals surface area contributed by atoms with E-state index in [2.05, 4.69) is 0 Å². The lowest BCUT2D eigenvalue weighted by Gasteiger charge is -2.10.